The lowest BCUT2D eigenvalue weighted by atomic mass is 10.1. The molecule has 0 atom stereocenters. The number of nitrogen functional groups attached to an aromatic ring is 2. The fourth-order valence-corrected chi connectivity index (χ4v) is 2.65. The zero-order valence-corrected chi connectivity index (χ0v) is 12.3. The van der Waals surface area contributed by atoms with Gasteiger partial charge in [-0.1, -0.05) is 41.9 Å². The predicted molar refractivity (Wildman–Crippen MR) is 85.9 cm³/mol. The van der Waals surface area contributed by atoms with Gasteiger partial charge in [0.05, 0.1) is 17.1 Å². The summed E-state index contributed by atoms with van der Waals surface area (Å²) in [6, 6.07) is 11.8. The Balaban J connectivity index is 2.01. The summed E-state index contributed by atoms with van der Waals surface area (Å²) in [5, 5.41) is -0.0575. The van der Waals surface area contributed by atoms with E-state index in [9.17, 15) is 4.39 Å². The van der Waals surface area contributed by atoms with Crippen LogP contribution in [0.5, 0.6) is 0 Å². The quantitative estimate of drug-likeness (QED) is 0.845. The van der Waals surface area contributed by atoms with Crippen LogP contribution in [0.2, 0.25) is 5.02 Å². The van der Waals surface area contributed by atoms with E-state index in [2.05, 4.69) is 0 Å². The topological polar surface area (TPSA) is 55.3 Å². The molecule has 1 aliphatic carbocycles. The molecule has 21 heavy (non-hydrogen) atoms. The molecule has 1 fully saturated rings. The normalized spacial score (nSPS) is 14.2. The van der Waals surface area contributed by atoms with Gasteiger partial charge in [-0.2, -0.15) is 0 Å². The van der Waals surface area contributed by atoms with Crippen molar-refractivity contribution in [2.45, 2.75) is 25.4 Å². The lowest BCUT2D eigenvalue weighted by molar-refractivity contribution is 0.616. The Morgan fingerprint density at radius 2 is 1.81 bits per heavy atom. The van der Waals surface area contributed by atoms with Crippen molar-refractivity contribution in [3.8, 4) is 0 Å². The first-order valence-electron chi connectivity index (χ1n) is 6.91. The van der Waals surface area contributed by atoms with Gasteiger partial charge in [0.25, 0.3) is 0 Å². The summed E-state index contributed by atoms with van der Waals surface area (Å²) in [7, 11) is 0. The fourth-order valence-electron chi connectivity index (χ4n) is 2.51. The average molecular weight is 306 g/mol. The van der Waals surface area contributed by atoms with Crippen LogP contribution in [0.4, 0.5) is 21.5 Å². The standard InChI is InChI=1S/C16H17ClFN3/c17-14-12(19)8-13(20)16(15(14)18)21(11-6-7-11)9-10-4-2-1-3-5-10/h1-5,8,11H,6-7,9,19-20H2. The first kappa shape index (κ1) is 14.0. The van der Waals surface area contributed by atoms with Gasteiger partial charge in [-0.05, 0) is 24.5 Å². The Morgan fingerprint density at radius 1 is 1.14 bits per heavy atom. The lowest BCUT2D eigenvalue weighted by Crippen LogP contribution is -2.27. The summed E-state index contributed by atoms with van der Waals surface area (Å²) in [5.74, 6) is -0.531. The van der Waals surface area contributed by atoms with E-state index in [4.69, 9.17) is 23.1 Å². The Labute approximate surface area is 128 Å². The molecule has 0 aromatic heterocycles. The highest BCUT2D eigenvalue weighted by atomic mass is 35.5. The number of nitrogens with two attached hydrogens (primary N) is 2. The first-order chi connectivity index (χ1) is 10.1. The van der Waals surface area contributed by atoms with Gasteiger partial charge >= 0.3 is 0 Å². The van der Waals surface area contributed by atoms with E-state index < -0.39 is 5.82 Å². The summed E-state index contributed by atoms with van der Waals surface area (Å²) < 4.78 is 14.5. The van der Waals surface area contributed by atoms with Gasteiger partial charge in [-0.25, -0.2) is 4.39 Å². The maximum atomic E-state index is 14.5. The van der Waals surface area contributed by atoms with Crippen LogP contribution in [0, 0.1) is 5.82 Å². The number of halogens is 2. The van der Waals surface area contributed by atoms with Gasteiger partial charge in [0.15, 0.2) is 5.82 Å². The van der Waals surface area contributed by atoms with Crippen molar-refractivity contribution in [1.29, 1.82) is 0 Å². The maximum absolute atomic E-state index is 14.5. The van der Waals surface area contributed by atoms with Crippen molar-refractivity contribution in [2.24, 2.45) is 0 Å². The second kappa shape index (κ2) is 5.45. The highest BCUT2D eigenvalue weighted by molar-refractivity contribution is 6.33. The number of anilines is 3. The van der Waals surface area contributed by atoms with Crippen molar-refractivity contribution in [3.63, 3.8) is 0 Å². The highest BCUT2D eigenvalue weighted by Gasteiger charge is 2.33. The van der Waals surface area contributed by atoms with E-state index in [-0.39, 0.29) is 10.7 Å². The van der Waals surface area contributed by atoms with Crippen LogP contribution in [0.1, 0.15) is 18.4 Å². The van der Waals surface area contributed by atoms with E-state index in [1.165, 1.54) is 6.07 Å². The Morgan fingerprint density at radius 3 is 2.43 bits per heavy atom. The minimum absolute atomic E-state index is 0.0575. The van der Waals surface area contributed by atoms with Crippen molar-refractivity contribution in [3.05, 3.63) is 52.8 Å². The zero-order valence-electron chi connectivity index (χ0n) is 11.5. The molecule has 0 amide bonds. The van der Waals surface area contributed by atoms with E-state index in [1.54, 1.807) is 0 Å². The largest absolute Gasteiger partial charge is 0.397 e. The molecule has 0 spiro atoms. The molecular weight excluding hydrogens is 289 g/mol. The second-order valence-corrected chi connectivity index (χ2v) is 5.75. The van der Waals surface area contributed by atoms with Crippen molar-refractivity contribution in [2.75, 3.05) is 16.4 Å². The molecule has 1 saturated carbocycles. The van der Waals surface area contributed by atoms with Gasteiger partial charge in [0, 0.05) is 12.6 Å². The second-order valence-electron chi connectivity index (χ2n) is 5.38. The molecular formula is C16H17ClFN3. The molecule has 0 aliphatic heterocycles. The Hall–Kier alpha value is -1.94. The van der Waals surface area contributed by atoms with Gasteiger partial charge in [0.1, 0.15) is 5.02 Å². The van der Waals surface area contributed by atoms with Crippen LogP contribution in [-0.4, -0.2) is 6.04 Å². The third-order valence-corrected chi connectivity index (χ3v) is 4.09. The summed E-state index contributed by atoms with van der Waals surface area (Å²) in [4.78, 5) is 1.99. The molecule has 0 radical (unpaired) electrons. The molecule has 2 aromatic rings. The molecule has 0 heterocycles. The van der Waals surface area contributed by atoms with Gasteiger partial charge in [0.2, 0.25) is 0 Å². The summed E-state index contributed by atoms with van der Waals surface area (Å²) >= 11 is 5.94. The zero-order chi connectivity index (χ0) is 15.0. The molecule has 0 unspecified atom stereocenters. The monoisotopic (exact) mass is 305 g/mol. The van der Waals surface area contributed by atoms with Gasteiger partial charge in [-0.15, -0.1) is 0 Å². The Kier molecular flexibility index (Phi) is 3.64. The minimum Gasteiger partial charge on any atom is -0.397 e. The molecule has 4 N–H and O–H groups in total. The number of benzene rings is 2. The van der Waals surface area contributed by atoms with Crippen molar-refractivity contribution < 1.29 is 4.39 Å². The molecule has 0 bridgehead atoms. The number of nitrogens with zero attached hydrogens (tertiary/aromatic N) is 1. The van der Waals surface area contributed by atoms with Gasteiger partial charge in [-0.3, -0.25) is 0 Å². The number of hydrogen-bond acceptors (Lipinski definition) is 3. The first-order valence-corrected chi connectivity index (χ1v) is 7.29. The van der Waals surface area contributed by atoms with Crippen LogP contribution in [0.25, 0.3) is 0 Å². The smallest absolute Gasteiger partial charge is 0.169 e. The van der Waals surface area contributed by atoms with Crippen LogP contribution in [0.15, 0.2) is 36.4 Å². The third kappa shape index (κ3) is 2.76. The summed E-state index contributed by atoms with van der Waals surface area (Å²) in [6.45, 7) is 0.604. The molecule has 1 aliphatic rings. The van der Waals surface area contributed by atoms with Crippen molar-refractivity contribution in [1.82, 2.24) is 0 Å². The summed E-state index contributed by atoms with van der Waals surface area (Å²) in [5.41, 5.74) is 13.6. The Bertz CT molecular complexity index is 656. The number of rotatable bonds is 4. The number of hydrogen-bond donors (Lipinski definition) is 2. The SMILES string of the molecule is Nc1cc(N)c(N(Cc2ccccc2)C2CC2)c(F)c1Cl. The third-order valence-electron chi connectivity index (χ3n) is 3.71. The van der Waals surface area contributed by atoms with Crippen molar-refractivity contribution >= 4 is 28.7 Å². The molecule has 110 valence electrons. The van der Waals surface area contributed by atoms with E-state index in [0.29, 0.717) is 24.0 Å². The van der Waals surface area contributed by atoms with E-state index in [0.717, 1.165) is 18.4 Å². The van der Waals surface area contributed by atoms with Crippen LogP contribution in [-0.2, 0) is 6.54 Å². The van der Waals surface area contributed by atoms with E-state index in [1.807, 2.05) is 35.2 Å². The lowest BCUT2D eigenvalue weighted by Gasteiger charge is -2.27. The average Bonchev–Trinajstić information content (AvgIpc) is 3.29. The molecule has 0 saturated heterocycles. The highest BCUT2D eigenvalue weighted by Crippen LogP contribution is 2.41. The molecule has 2 aromatic carbocycles. The van der Waals surface area contributed by atoms with E-state index >= 15 is 0 Å². The fraction of sp³-hybridized carbons (Fsp3) is 0.250. The van der Waals surface area contributed by atoms with Crippen LogP contribution >= 0.6 is 11.6 Å². The van der Waals surface area contributed by atoms with Gasteiger partial charge < -0.3 is 16.4 Å². The summed E-state index contributed by atoms with van der Waals surface area (Å²) in [6.07, 6.45) is 2.07. The molecule has 3 nitrogen and oxygen atoms in total. The molecule has 3 rings (SSSR count). The van der Waals surface area contributed by atoms with Crippen LogP contribution < -0.4 is 16.4 Å². The minimum atomic E-state index is -0.531. The molecule has 5 heteroatoms. The maximum Gasteiger partial charge on any atom is 0.169 e. The predicted octanol–water partition coefficient (Wildman–Crippen LogP) is 3.81. The van der Waals surface area contributed by atoms with Crippen LogP contribution in [0.3, 0.4) is 0 Å².